The first-order valence-corrected chi connectivity index (χ1v) is 7.82. The Hall–Kier alpha value is -1.36. The van der Waals surface area contributed by atoms with Gasteiger partial charge in [-0.05, 0) is 43.5 Å². The van der Waals surface area contributed by atoms with Gasteiger partial charge in [0.15, 0.2) is 0 Å². The molecule has 2 atom stereocenters. The Balaban J connectivity index is 2.52. The lowest BCUT2D eigenvalue weighted by atomic mass is 10.2. The van der Waals surface area contributed by atoms with E-state index in [1.165, 1.54) is 0 Å². The van der Waals surface area contributed by atoms with Gasteiger partial charge in [0.2, 0.25) is 5.91 Å². The molecule has 4 nitrogen and oxygen atoms in total. The predicted octanol–water partition coefficient (Wildman–Crippen LogP) is 2.39. The zero-order valence-electron chi connectivity index (χ0n) is 11.7. The van der Waals surface area contributed by atoms with Crippen molar-refractivity contribution in [1.82, 2.24) is 0 Å². The molecule has 0 bridgehead atoms. The Bertz CT molecular complexity index is 443. The highest BCUT2D eigenvalue weighted by Crippen LogP contribution is 2.12. The fourth-order valence-corrected chi connectivity index (χ4v) is 2.81. The number of amides is 1. The van der Waals surface area contributed by atoms with Crippen LogP contribution in [0.25, 0.3) is 0 Å². The summed E-state index contributed by atoms with van der Waals surface area (Å²) in [5, 5.41) is 2.25. The summed E-state index contributed by atoms with van der Waals surface area (Å²) in [6, 6.07) is 6.90. The third kappa shape index (κ3) is 5.42. The van der Waals surface area contributed by atoms with Gasteiger partial charge < -0.3 is 11.1 Å². The maximum Gasteiger partial charge on any atom is 0.239 e. The largest absolute Gasteiger partial charge is 0.399 e. The van der Waals surface area contributed by atoms with Crippen LogP contribution in [0, 0.1) is 5.92 Å². The van der Waals surface area contributed by atoms with E-state index < -0.39 is 16.0 Å². The summed E-state index contributed by atoms with van der Waals surface area (Å²) in [6.07, 6.45) is 0.867. The number of hydrogen-bond acceptors (Lipinski definition) is 3. The van der Waals surface area contributed by atoms with Crippen LogP contribution in [0.4, 0.5) is 11.4 Å². The number of anilines is 2. The molecule has 0 aliphatic carbocycles. The molecular weight excluding hydrogens is 260 g/mol. The monoisotopic (exact) mass is 282 g/mol. The van der Waals surface area contributed by atoms with Gasteiger partial charge in [-0.2, -0.15) is 0 Å². The number of nitrogens with two attached hydrogens (primary N) is 1. The van der Waals surface area contributed by atoms with Crippen LogP contribution in [-0.4, -0.2) is 21.1 Å². The summed E-state index contributed by atoms with van der Waals surface area (Å²) in [5.74, 6) is 0.844. The molecule has 0 heterocycles. The summed E-state index contributed by atoms with van der Waals surface area (Å²) in [6.45, 7) is 5.86. The van der Waals surface area contributed by atoms with Gasteiger partial charge in [0, 0.05) is 27.9 Å². The lowest BCUT2D eigenvalue weighted by Gasteiger charge is -2.13. The second kappa shape index (κ2) is 7.28. The second-order valence-electron chi connectivity index (χ2n) is 5.02. The van der Waals surface area contributed by atoms with E-state index in [-0.39, 0.29) is 5.91 Å². The van der Waals surface area contributed by atoms with E-state index in [1.807, 2.05) is 0 Å². The molecular formula is C14H22N2O2S. The van der Waals surface area contributed by atoms with Gasteiger partial charge in [-0.25, -0.2) is 0 Å². The minimum absolute atomic E-state index is 0.216. The number of rotatable bonds is 6. The number of nitrogen functional groups attached to an aromatic ring is 1. The quantitative estimate of drug-likeness (QED) is 0.787. The Kier molecular flexibility index (Phi) is 6.02. The van der Waals surface area contributed by atoms with Crippen LogP contribution >= 0.6 is 0 Å². The SMILES string of the molecule is CC(C)CCS(=O)C(C)C(=O)Nc1ccc(N)cc1. The van der Waals surface area contributed by atoms with Gasteiger partial charge in [-0.1, -0.05) is 13.8 Å². The second-order valence-corrected chi connectivity index (χ2v) is 6.90. The Morgan fingerprint density at radius 3 is 2.37 bits per heavy atom. The van der Waals surface area contributed by atoms with Gasteiger partial charge in [-0.3, -0.25) is 9.00 Å². The van der Waals surface area contributed by atoms with Crippen molar-refractivity contribution in [3.63, 3.8) is 0 Å². The van der Waals surface area contributed by atoms with Gasteiger partial charge in [0.05, 0.1) is 0 Å². The van der Waals surface area contributed by atoms with Crippen LogP contribution in [0.3, 0.4) is 0 Å². The van der Waals surface area contributed by atoms with E-state index >= 15 is 0 Å². The Morgan fingerprint density at radius 2 is 1.84 bits per heavy atom. The van der Waals surface area contributed by atoms with Crippen molar-refractivity contribution in [2.45, 2.75) is 32.4 Å². The van der Waals surface area contributed by atoms with Crippen molar-refractivity contribution in [2.75, 3.05) is 16.8 Å². The molecule has 0 aliphatic heterocycles. The van der Waals surface area contributed by atoms with Crippen LogP contribution in [0.15, 0.2) is 24.3 Å². The standard InChI is InChI=1S/C14H22N2O2S/c1-10(2)8-9-19(18)11(3)14(17)16-13-6-4-12(15)5-7-13/h4-7,10-11H,8-9,15H2,1-3H3,(H,16,17). The molecule has 0 spiro atoms. The van der Waals surface area contributed by atoms with Gasteiger partial charge in [0.25, 0.3) is 0 Å². The smallest absolute Gasteiger partial charge is 0.239 e. The molecule has 0 saturated heterocycles. The molecule has 2 unspecified atom stereocenters. The molecule has 19 heavy (non-hydrogen) atoms. The zero-order chi connectivity index (χ0) is 14.4. The van der Waals surface area contributed by atoms with Gasteiger partial charge in [0.1, 0.15) is 5.25 Å². The van der Waals surface area contributed by atoms with E-state index in [2.05, 4.69) is 19.2 Å². The molecule has 1 rings (SSSR count). The van der Waals surface area contributed by atoms with Crippen molar-refractivity contribution >= 4 is 28.1 Å². The fraction of sp³-hybridized carbons (Fsp3) is 0.500. The van der Waals surface area contributed by atoms with Gasteiger partial charge in [-0.15, -0.1) is 0 Å². The van der Waals surface area contributed by atoms with E-state index in [0.717, 1.165) is 6.42 Å². The highest BCUT2D eigenvalue weighted by molar-refractivity contribution is 7.86. The molecule has 106 valence electrons. The number of benzene rings is 1. The maximum atomic E-state index is 12.0. The van der Waals surface area contributed by atoms with Crippen molar-refractivity contribution in [2.24, 2.45) is 5.92 Å². The summed E-state index contributed by atoms with van der Waals surface area (Å²) >= 11 is 0. The first-order chi connectivity index (χ1) is 8.90. The van der Waals surface area contributed by atoms with Crippen LogP contribution < -0.4 is 11.1 Å². The first-order valence-electron chi connectivity index (χ1n) is 6.43. The topological polar surface area (TPSA) is 72.2 Å². The van der Waals surface area contributed by atoms with Crippen molar-refractivity contribution in [3.05, 3.63) is 24.3 Å². The van der Waals surface area contributed by atoms with Crippen LogP contribution in [0.5, 0.6) is 0 Å². The lowest BCUT2D eigenvalue weighted by molar-refractivity contribution is -0.115. The molecule has 1 aromatic rings. The molecule has 0 radical (unpaired) electrons. The molecule has 1 aromatic carbocycles. The van der Waals surface area contributed by atoms with E-state index in [9.17, 15) is 9.00 Å². The van der Waals surface area contributed by atoms with Crippen LogP contribution in [-0.2, 0) is 15.6 Å². The number of hydrogen-bond donors (Lipinski definition) is 2. The Morgan fingerprint density at radius 1 is 1.26 bits per heavy atom. The number of nitrogens with one attached hydrogen (secondary N) is 1. The van der Waals surface area contributed by atoms with Crippen LogP contribution in [0.1, 0.15) is 27.2 Å². The lowest BCUT2D eigenvalue weighted by Crippen LogP contribution is -2.30. The summed E-state index contributed by atoms with van der Waals surface area (Å²) < 4.78 is 12.0. The number of carbonyl (C=O) groups excluding carboxylic acids is 1. The van der Waals surface area contributed by atoms with Gasteiger partial charge >= 0.3 is 0 Å². The summed E-state index contributed by atoms with van der Waals surface area (Å²) in [7, 11) is -1.13. The van der Waals surface area contributed by atoms with E-state index in [0.29, 0.717) is 23.0 Å². The fourth-order valence-electron chi connectivity index (χ4n) is 1.46. The van der Waals surface area contributed by atoms with Crippen molar-refractivity contribution in [3.8, 4) is 0 Å². The average Bonchev–Trinajstić information content (AvgIpc) is 2.37. The predicted molar refractivity (Wildman–Crippen MR) is 81.4 cm³/mol. The molecule has 3 N–H and O–H groups in total. The van der Waals surface area contributed by atoms with E-state index in [4.69, 9.17) is 5.73 Å². The minimum atomic E-state index is -1.13. The molecule has 1 amide bonds. The van der Waals surface area contributed by atoms with Crippen LogP contribution in [0.2, 0.25) is 0 Å². The van der Waals surface area contributed by atoms with E-state index in [1.54, 1.807) is 31.2 Å². The zero-order valence-corrected chi connectivity index (χ0v) is 12.5. The Labute approximate surface area is 117 Å². The summed E-state index contributed by atoms with van der Waals surface area (Å²) in [4.78, 5) is 11.9. The van der Waals surface area contributed by atoms with Crippen molar-refractivity contribution in [1.29, 1.82) is 0 Å². The number of carbonyl (C=O) groups is 1. The minimum Gasteiger partial charge on any atom is -0.399 e. The molecule has 0 aliphatic rings. The highest BCUT2D eigenvalue weighted by Gasteiger charge is 2.19. The molecule has 0 fully saturated rings. The third-order valence-electron chi connectivity index (χ3n) is 2.84. The van der Waals surface area contributed by atoms with Crippen molar-refractivity contribution < 1.29 is 9.00 Å². The average molecular weight is 282 g/mol. The highest BCUT2D eigenvalue weighted by atomic mass is 32.2. The third-order valence-corrected chi connectivity index (χ3v) is 4.48. The summed E-state index contributed by atoms with van der Waals surface area (Å²) in [5.41, 5.74) is 6.89. The normalized spacial score (nSPS) is 14.1. The molecule has 0 saturated carbocycles. The first kappa shape index (κ1) is 15.7. The molecule has 0 aromatic heterocycles. The molecule has 5 heteroatoms. The maximum absolute atomic E-state index is 12.0.